The molecule has 0 aliphatic carbocycles. The van der Waals surface area contributed by atoms with E-state index in [0.29, 0.717) is 0 Å². The minimum atomic E-state index is 0.817. The summed E-state index contributed by atoms with van der Waals surface area (Å²) in [5, 5.41) is 1.91. The van der Waals surface area contributed by atoms with Crippen LogP contribution >= 0.6 is 0 Å². The maximum absolute atomic E-state index is 4.20. The Morgan fingerprint density at radius 1 is 1.45 bits per heavy atom. The van der Waals surface area contributed by atoms with Crippen LogP contribution in [0, 0.1) is 0 Å². The predicted octanol–water partition coefficient (Wildman–Crippen LogP) is 0.378. The molecule has 2 heteroatoms. The van der Waals surface area contributed by atoms with Gasteiger partial charge < -0.3 is 0 Å². The smallest absolute Gasteiger partial charge is 0.0742 e. The molecule has 1 aromatic heterocycles. The number of pyridine rings is 1. The van der Waals surface area contributed by atoms with Gasteiger partial charge in [0.2, 0.25) is 0 Å². The van der Waals surface area contributed by atoms with Gasteiger partial charge in [-0.1, -0.05) is 6.58 Å². The molecule has 0 atom stereocenters. The van der Waals surface area contributed by atoms with Gasteiger partial charge in [0.25, 0.3) is 0 Å². The summed E-state index contributed by atoms with van der Waals surface area (Å²) >= 11 is 0. The first-order valence-corrected chi connectivity index (χ1v) is 3.48. The molecule has 0 N–H and O–H groups in total. The van der Waals surface area contributed by atoms with Crippen molar-refractivity contribution in [1.29, 1.82) is 0 Å². The summed E-state index contributed by atoms with van der Waals surface area (Å²) in [5.74, 6) is 0. The van der Waals surface area contributed by atoms with E-state index >= 15 is 0 Å². The molecule has 0 bridgehead atoms. The maximum atomic E-state index is 4.20. The number of rotatable bonds is 0. The Balaban J connectivity index is 3.03. The quantitative estimate of drug-likeness (QED) is 0.516. The largest absolute Gasteiger partial charge is 0.257 e. The summed E-state index contributed by atoms with van der Waals surface area (Å²) in [6, 6.07) is 1.90. The molecular formula is C9H8N2. The zero-order valence-electron chi connectivity index (χ0n) is 6.33. The van der Waals surface area contributed by atoms with Crippen molar-refractivity contribution in [3.8, 4) is 0 Å². The van der Waals surface area contributed by atoms with Gasteiger partial charge in [-0.2, -0.15) is 0 Å². The average molecular weight is 144 g/mol. The second-order valence-corrected chi connectivity index (χ2v) is 2.59. The van der Waals surface area contributed by atoms with Gasteiger partial charge in [0, 0.05) is 17.6 Å². The molecule has 2 nitrogen and oxygen atoms in total. The molecule has 0 spiro atoms. The Hall–Kier alpha value is -1.44. The van der Waals surface area contributed by atoms with Crippen LogP contribution < -0.4 is 10.6 Å². The molecule has 1 aliphatic rings. The van der Waals surface area contributed by atoms with Gasteiger partial charge in [-0.15, -0.1) is 0 Å². The molecule has 1 aliphatic heterocycles. The Bertz CT molecular complexity index is 429. The average Bonchev–Trinajstić information content (AvgIpc) is 2.34. The molecule has 2 rings (SSSR count). The van der Waals surface area contributed by atoms with Crippen LogP contribution in [0.5, 0.6) is 0 Å². The van der Waals surface area contributed by atoms with E-state index < -0.39 is 0 Å². The van der Waals surface area contributed by atoms with Gasteiger partial charge in [-0.3, -0.25) is 9.98 Å². The lowest BCUT2D eigenvalue weighted by molar-refractivity contribution is 1.22. The van der Waals surface area contributed by atoms with Crippen LogP contribution in [0.15, 0.2) is 17.3 Å². The van der Waals surface area contributed by atoms with Crippen molar-refractivity contribution < 1.29 is 0 Å². The van der Waals surface area contributed by atoms with E-state index in [1.54, 1.807) is 6.20 Å². The van der Waals surface area contributed by atoms with Crippen LogP contribution in [0.25, 0.3) is 12.2 Å². The van der Waals surface area contributed by atoms with E-state index in [1.165, 1.54) is 0 Å². The van der Waals surface area contributed by atoms with Crippen LogP contribution in [-0.4, -0.2) is 11.2 Å². The van der Waals surface area contributed by atoms with Crippen LogP contribution in [0.4, 0.5) is 5.69 Å². The minimum Gasteiger partial charge on any atom is -0.257 e. The van der Waals surface area contributed by atoms with Crippen molar-refractivity contribution in [3.05, 3.63) is 22.8 Å². The standard InChI is InChI=1S/C9H8N2/c1-6-5-11-8-3-4-10-7(2)9(6)8/h3-5H,2H2,1H3. The molecule has 0 amide bonds. The summed E-state index contributed by atoms with van der Waals surface area (Å²) in [6.07, 6.45) is 3.58. The van der Waals surface area contributed by atoms with E-state index in [-0.39, 0.29) is 0 Å². The molecule has 0 saturated heterocycles. The topological polar surface area (TPSA) is 25.2 Å². The molecule has 2 heterocycles. The summed E-state index contributed by atoms with van der Waals surface area (Å²) < 4.78 is 0. The third-order valence-electron chi connectivity index (χ3n) is 1.80. The fraction of sp³-hybridized carbons (Fsp3) is 0.111. The van der Waals surface area contributed by atoms with Crippen LogP contribution in [0.2, 0.25) is 0 Å². The minimum absolute atomic E-state index is 0.817. The molecule has 0 saturated carbocycles. The lowest BCUT2D eigenvalue weighted by atomic mass is 10.2. The number of aliphatic imine (C=N–C) groups is 1. The Kier molecular flexibility index (Phi) is 1.15. The SMILES string of the molecule is C=c1nccc2c1=C(C)C=N2. The molecule has 0 fully saturated rings. The Morgan fingerprint density at radius 3 is 3.00 bits per heavy atom. The fourth-order valence-corrected chi connectivity index (χ4v) is 1.26. The number of hydrogen-bond donors (Lipinski definition) is 0. The van der Waals surface area contributed by atoms with Crippen molar-refractivity contribution >= 4 is 24.1 Å². The first-order chi connectivity index (χ1) is 5.29. The summed E-state index contributed by atoms with van der Waals surface area (Å²) in [4.78, 5) is 8.29. The normalized spacial score (nSPS) is 13.7. The van der Waals surface area contributed by atoms with Crippen LogP contribution in [0.3, 0.4) is 0 Å². The summed E-state index contributed by atoms with van der Waals surface area (Å²) in [7, 11) is 0. The van der Waals surface area contributed by atoms with Gasteiger partial charge in [0.15, 0.2) is 0 Å². The second-order valence-electron chi connectivity index (χ2n) is 2.59. The highest BCUT2D eigenvalue weighted by Crippen LogP contribution is 2.07. The molecule has 0 unspecified atom stereocenters. The molecule has 54 valence electrons. The third kappa shape index (κ3) is 0.792. The first kappa shape index (κ1) is 6.28. The van der Waals surface area contributed by atoms with E-state index in [4.69, 9.17) is 0 Å². The lowest BCUT2D eigenvalue weighted by Crippen LogP contribution is -2.26. The Labute approximate surface area is 64.6 Å². The van der Waals surface area contributed by atoms with Gasteiger partial charge in [-0.05, 0) is 18.6 Å². The second kappa shape index (κ2) is 2.02. The van der Waals surface area contributed by atoms with Crippen molar-refractivity contribution in [2.75, 3.05) is 0 Å². The van der Waals surface area contributed by atoms with Crippen LogP contribution in [-0.2, 0) is 0 Å². The highest BCUT2D eigenvalue weighted by Gasteiger charge is 2.02. The van der Waals surface area contributed by atoms with E-state index in [1.807, 2.05) is 19.2 Å². The molecule has 11 heavy (non-hydrogen) atoms. The summed E-state index contributed by atoms with van der Waals surface area (Å²) in [6.45, 7) is 5.85. The van der Waals surface area contributed by atoms with E-state index in [0.717, 1.165) is 21.8 Å². The monoisotopic (exact) mass is 144 g/mol. The molecular weight excluding hydrogens is 136 g/mol. The van der Waals surface area contributed by atoms with Gasteiger partial charge in [0.05, 0.1) is 11.0 Å². The first-order valence-electron chi connectivity index (χ1n) is 3.48. The van der Waals surface area contributed by atoms with E-state index in [9.17, 15) is 0 Å². The molecule has 0 aromatic carbocycles. The highest BCUT2D eigenvalue weighted by atomic mass is 14.8. The lowest BCUT2D eigenvalue weighted by Gasteiger charge is -1.89. The van der Waals surface area contributed by atoms with Crippen molar-refractivity contribution in [3.63, 3.8) is 0 Å². The highest BCUT2D eigenvalue weighted by molar-refractivity contribution is 6.05. The Morgan fingerprint density at radius 2 is 2.27 bits per heavy atom. The van der Waals surface area contributed by atoms with Crippen LogP contribution in [0.1, 0.15) is 6.92 Å². The van der Waals surface area contributed by atoms with Gasteiger partial charge in [-0.25, -0.2) is 0 Å². The molecule has 0 radical (unpaired) electrons. The van der Waals surface area contributed by atoms with Gasteiger partial charge >= 0.3 is 0 Å². The van der Waals surface area contributed by atoms with Crippen molar-refractivity contribution in [2.24, 2.45) is 4.99 Å². The zero-order valence-corrected chi connectivity index (χ0v) is 6.33. The summed E-state index contributed by atoms with van der Waals surface area (Å²) in [5.41, 5.74) is 2.14. The predicted molar refractivity (Wildman–Crippen MR) is 46.2 cm³/mol. The fourth-order valence-electron chi connectivity index (χ4n) is 1.26. The number of fused-ring (bicyclic) bond motifs is 1. The maximum Gasteiger partial charge on any atom is 0.0742 e. The van der Waals surface area contributed by atoms with Gasteiger partial charge in [0.1, 0.15) is 0 Å². The molecule has 1 aromatic rings. The third-order valence-corrected chi connectivity index (χ3v) is 1.80. The van der Waals surface area contributed by atoms with E-state index in [2.05, 4.69) is 16.6 Å². The van der Waals surface area contributed by atoms with Crippen molar-refractivity contribution in [1.82, 2.24) is 4.98 Å². The van der Waals surface area contributed by atoms with Crippen molar-refractivity contribution in [2.45, 2.75) is 6.92 Å². The number of hydrogen-bond acceptors (Lipinski definition) is 2. The number of nitrogens with zero attached hydrogens (tertiary/aromatic N) is 2. The number of aromatic nitrogens is 1. The zero-order chi connectivity index (χ0) is 7.84.